The van der Waals surface area contributed by atoms with Gasteiger partial charge in [0.15, 0.2) is 0 Å². The number of rotatable bonds is 7. The number of benzene rings is 2. The first kappa shape index (κ1) is 18.9. The quantitative estimate of drug-likeness (QED) is 0.787. The highest BCUT2D eigenvalue weighted by atomic mass is 16.2. The molecule has 1 saturated heterocycles. The summed E-state index contributed by atoms with van der Waals surface area (Å²) in [6, 6.07) is 13.4. The Labute approximate surface area is 158 Å². The van der Waals surface area contributed by atoms with E-state index in [1.54, 1.807) is 6.07 Å². The Kier molecular flexibility index (Phi) is 6.41. The summed E-state index contributed by atoms with van der Waals surface area (Å²) in [5.74, 6) is -0.266. The van der Waals surface area contributed by atoms with Crippen molar-refractivity contribution in [3.8, 4) is 0 Å². The first-order valence-electron chi connectivity index (χ1n) is 9.45. The Bertz CT molecular complexity index is 828. The molecule has 0 spiro atoms. The highest BCUT2D eigenvalue weighted by molar-refractivity contribution is 5.98. The van der Waals surface area contributed by atoms with Crippen molar-refractivity contribution in [1.82, 2.24) is 15.5 Å². The van der Waals surface area contributed by atoms with Crippen LogP contribution in [0.25, 0.3) is 10.8 Å². The van der Waals surface area contributed by atoms with E-state index in [2.05, 4.69) is 10.6 Å². The zero-order chi connectivity index (χ0) is 19.1. The molecule has 1 aliphatic heterocycles. The zero-order valence-electron chi connectivity index (χ0n) is 15.4. The van der Waals surface area contributed by atoms with Gasteiger partial charge in [0.05, 0.1) is 0 Å². The standard InChI is InChI=1S/C21H25N3O3/c25-19(22-12-10-20(26)24-13-3-4-14-24)9-11-23-21(27)18-8-7-16-5-1-2-6-17(16)15-18/h1-2,5-8,15H,3-4,9-14H2,(H,22,25)(H,23,27). The Morgan fingerprint density at radius 2 is 1.56 bits per heavy atom. The third kappa shape index (κ3) is 5.29. The van der Waals surface area contributed by atoms with Crippen molar-refractivity contribution in [1.29, 1.82) is 0 Å². The molecule has 0 atom stereocenters. The van der Waals surface area contributed by atoms with E-state index in [4.69, 9.17) is 0 Å². The van der Waals surface area contributed by atoms with Crippen LogP contribution in [0, 0.1) is 0 Å². The number of amides is 3. The van der Waals surface area contributed by atoms with Gasteiger partial charge in [0.2, 0.25) is 11.8 Å². The van der Waals surface area contributed by atoms with E-state index in [0.29, 0.717) is 18.5 Å². The fourth-order valence-corrected chi connectivity index (χ4v) is 3.24. The van der Waals surface area contributed by atoms with Gasteiger partial charge in [0.25, 0.3) is 5.91 Å². The molecule has 1 fully saturated rings. The van der Waals surface area contributed by atoms with E-state index in [1.807, 2.05) is 41.3 Å². The van der Waals surface area contributed by atoms with E-state index in [1.165, 1.54) is 0 Å². The molecule has 0 aromatic heterocycles. The van der Waals surface area contributed by atoms with Gasteiger partial charge in [-0.3, -0.25) is 14.4 Å². The predicted octanol–water partition coefficient (Wildman–Crippen LogP) is 2.09. The second kappa shape index (κ2) is 9.16. The summed E-state index contributed by atoms with van der Waals surface area (Å²) in [6.07, 6.45) is 2.65. The molecule has 0 saturated carbocycles. The lowest BCUT2D eigenvalue weighted by atomic mass is 10.1. The highest BCUT2D eigenvalue weighted by Gasteiger charge is 2.17. The van der Waals surface area contributed by atoms with Gasteiger partial charge in [-0.05, 0) is 35.7 Å². The van der Waals surface area contributed by atoms with E-state index in [9.17, 15) is 14.4 Å². The van der Waals surface area contributed by atoms with E-state index >= 15 is 0 Å². The summed E-state index contributed by atoms with van der Waals surface area (Å²) < 4.78 is 0. The Hall–Kier alpha value is -2.89. The summed E-state index contributed by atoms with van der Waals surface area (Å²) in [5.41, 5.74) is 0.574. The van der Waals surface area contributed by atoms with Crippen molar-refractivity contribution in [3.05, 3.63) is 48.0 Å². The minimum atomic E-state index is -0.197. The molecule has 0 unspecified atom stereocenters. The van der Waals surface area contributed by atoms with Crippen molar-refractivity contribution < 1.29 is 14.4 Å². The molecule has 0 radical (unpaired) electrons. The molecular formula is C21H25N3O3. The third-order valence-corrected chi connectivity index (χ3v) is 4.77. The number of hydrogen-bond acceptors (Lipinski definition) is 3. The smallest absolute Gasteiger partial charge is 0.251 e. The molecule has 3 amide bonds. The summed E-state index contributed by atoms with van der Waals surface area (Å²) in [6.45, 7) is 2.26. The number of carbonyl (C=O) groups excluding carboxylic acids is 3. The maximum Gasteiger partial charge on any atom is 0.251 e. The maximum atomic E-state index is 12.2. The van der Waals surface area contributed by atoms with Gasteiger partial charge in [-0.15, -0.1) is 0 Å². The van der Waals surface area contributed by atoms with Crippen molar-refractivity contribution in [2.45, 2.75) is 25.7 Å². The fourth-order valence-electron chi connectivity index (χ4n) is 3.24. The van der Waals surface area contributed by atoms with Gasteiger partial charge >= 0.3 is 0 Å². The van der Waals surface area contributed by atoms with Crippen LogP contribution in [0.4, 0.5) is 0 Å². The topological polar surface area (TPSA) is 78.5 Å². The normalized spacial score (nSPS) is 13.6. The number of likely N-dealkylation sites (tertiary alicyclic amines) is 1. The lowest BCUT2D eigenvalue weighted by molar-refractivity contribution is -0.130. The van der Waals surface area contributed by atoms with Crippen molar-refractivity contribution in [3.63, 3.8) is 0 Å². The van der Waals surface area contributed by atoms with Crippen LogP contribution in [0.5, 0.6) is 0 Å². The average Bonchev–Trinajstić information content (AvgIpc) is 3.22. The van der Waals surface area contributed by atoms with Crippen molar-refractivity contribution in [2.75, 3.05) is 26.2 Å². The molecule has 6 heteroatoms. The van der Waals surface area contributed by atoms with Crippen LogP contribution in [0.3, 0.4) is 0 Å². The van der Waals surface area contributed by atoms with Crippen LogP contribution < -0.4 is 10.6 Å². The third-order valence-electron chi connectivity index (χ3n) is 4.77. The molecule has 1 heterocycles. The average molecular weight is 367 g/mol. The summed E-state index contributed by atoms with van der Waals surface area (Å²) >= 11 is 0. The van der Waals surface area contributed by atoms with Crippen molar-refractivity contribution in [2.24, 2.45) is 0 Å². The molecular weight excluding hydrogens is 342 g/mol. The molecule has 3 rings (SSSR count). The van der Waals surface area contributed by atoms with E-state index in [0.717, 1.165) is 36.7 Å². The molecule has 142 valence electrons. The van der Waals surface area contributed by atoms with Crippen LogP contribution in [0.2, 0.25) is 0 Å². The number of carbonyl (C=O) groups is 3. The lowest BCUT2D eigenvalue weighted by Gasteiger charge is -2.15. The SMILES string of the molecule is O=C(CCNC(=O)c1ccc2ccccc2c1)NCCC(=O)N1CCCC1. The van der Waals surface area contributed by atoms with Gasteiger partial charge in [-0.2, -0.15) is 0 Å². The molecule has 1 aliphatic rings. The Morgan fingerprint density at radius 3 is 2.33 bits per heavy atom. The monoisotopic (exact) mass is 367 g/mol. The second-order valence-corrected chi connectivity index (χ2v) is 6.76. The molecule has 27 heavy (non-hydrogen) atoms. The molecule has 2 aromatic carbocycles. The summed E-state index contributed by atoms with van der Waals surface area (Å²) in [7, 11) is 0. The van der Waals surface area contributed by atoms with Crippen LogP contribution in [-0.2, 0) is 9.59 Å². The number of fused-ring (bicyclic) bond motifs is 1. The van der Waals surface area contributed by atoms with E-state index in [-0.39, 0.29) is 30.7 Å². The largest absolute Gasteiger partial charge is 0.356 e. The predicted molar refractivity (Wildman–Crippen MR) is 104 cm³/mol. The first-order valence-corrected chi connectivity index (χ1v) is 9.45. The molecule has 2 aromatic rings. The van der Waals surface area contributed by atoms with Crippen molar-refractivity contribution >= 4 is 28.5 Å². The van der Waals surface area contributed by atoms with Gasteiger partial charge in [-0.25, -0.2) is 0 Å². The maximum absolute atomic E-state index is 12.2. The van der Waals surface area contributed by atoms with Gasteiger partial charge in [0, 0.05) is 44.6 Å². The van der Waals surface area contributed by atoms with Gasteiger partial charge in [-0.1, -0.05) is 30.3 Å². The fraction of sp³-hybridized carbons (Fsp3) is 0.381. The summed E-state index contributed by atoms with van der Waals surface area (Å²) in [4.78, 5) is 37.8. The number of hydrogen-bond donors (Lipinski definition) is 2. The summed E-state index contributed by atoms with van der Waals surface area (Å²) in [5, 5.41) is 7.59. The van der Waals surface area contributed by atoms with Crippen LogP contribution >= 0.6 is 0 Å². The van der Waals surface area contributed by atoms with Crippen LogP contribution in [0.15, 0.2) is 42.5 Å². The second-order valence-electron chi connectivity index (χ2n) is 6.76. The molecule has 2 N–H and O–H groups in total. The zero-order valence-corrected chi connectivity index (χ0v) is 15.4. The Balaban J connectivity index is 1.36. The Morgan fingerprint density at radius 1 is 0.852 bits per heavy atom. The minimum Gasteiger partial charge on any atom is -0.356 e. The number of nitrogens with zero attached hydrogens (tertiary/aromatic N) is 1. The van der Waals surface area contributed by atoms with Gasteiger partial charge < -0.3 is 15.5 Å². The van der Waals surface area contributed by atoms with Crippen LogP contribution in [0.1, 0.15) is 36.0 Å². The van der Waals surface area contributed by atoms with E-state index < -0.39 is 0 Å². The van der Waals surface area contributed by atoms with Crippen LogP contribution in [-0.4, -0.2) is 48.8 Å². The molecule has 0 aliphatic carbocycles. The highest BCUT2D eigenvalue weighted by Crippen LogP contribution is 2.15. The minimum absolute atomic E-state index is 0.0948. The first-order chi connectivity index (χ1) is 13.1. The lowest BCUT2D eigenvalue weighted by Crippen LogP contribution is -2.34. The molecule has 6 nitrogen and oxygen atoms in total. The molecule has 0 bridgehead atoms. The number of nitrogens with one attached hydrogen (secondary N) is 2. The van der Waals surface area contributed by atoms with Gasteiger partial charge in [0.1, 0.15) is 0 Å².